The van der Waals surface area contributed by atoms with Gasteiger partial charge in [-0.1, -0.05) is 31.9 Å². The number of ether oxygens (including phenoxy) is 1. The van der Waals surface area contributed by atoms with E-state index in [1.54, 1.807) is 6.07 Å². The van der Waals surface area contributed by atoms with Crippen molar-refractivity contribution in [2.75, 3.05) is 0 Å². The highest BCUT2D eigenvalue weighted by molar-refractivity contribution is 5.62. The Labute approximate surface area is 96.1 Å². The second-order valence-electron chi connectivity index (χ2n) is 3.88. The number of benzene rings is 1. The van der Waals surface area contributed by atoms with E-state index in [0.29, 0.717) is 5.75 Å². The van der Waals surface area contributed by atoms with Gasteiger partial charge < -0.3 is 9.84 Å². The monoisotopic (exact) mass is 222 g/mol. The van der Waals surface area contributed by atoms with Crippen molar-refractivity contribution in [3.05, 3.63) is 29.3 Å². The molecule has 0 saturated carbocycles. The first-order valence-electron chi connectivity index (χ1n) is 5.64. The number of unbranched alkanes of at least 4 members (excludes halogenated alkanes) is 2. The van der Waals surface area contributed by atoms with Gasteiger partial charge in [-0.15, -0.1) is 0 Å². The Morgan fingerprint density at radius 3 is 2.75 bits per heavy atom. The van der Waals surface area contributed by atoms with E-state index < -0.39 is 6.16 Å². The Morgan fingerprint density at radius 1 is 1.38 bits per heavy atom. The summed E-state index contributed by atoms with van der Waals surface area (Å²) >= 11 is 0. The van der Waals surface area contributed by atoms with Crippen LogP contribution in [0.15, 0.2) is 18.2 Å². The van der Waals surface area contributed by atoms with Gasteiger partial charge in [0.15, 0.2) is 0 Å². The van der Waals surface area contributed by atoms with E-state index >= 15 is 0 Å². The maximum Gasteiger partial charge on any atom is 0.511 e. The van der Waals surface area contributed by atoms with E-state index in [-0.39, 0.29) is 0 Å². The molecule has 88 valence electrons. The predicted octanol–water partition coefficient (Wildman–Crippen LogP) is 3.78. The van der Waals surface area contributed by atoms with Crippen LogP contribution in [0.2, 0.25) is 0 Å². The molecule has 0 aromatic heterocycles. The average Bonchev–Trinajstić information content (AvgIpc) is 2.21. The highest BCUT2D eigenvalue weighted by Crippen LogP contribution is 2.24. The minimum Gasteiger partial charge on any atom is -0.449 e. The molecule has 0 aliphatic heterocycles. The molecule has 1 N–H and O–H groups in total. The summed E-state index contributed by atoms with van der Waals surface area (Å²) in [6, 6.07) is 5.51. The van der Waals surface area contributed by atoms with Gasteiger partial charge in [0.1, 0.15) is 5.75 Å². The topological polar surface area (TPSA) is 46.5 Å². The maximum atomic E-state index is 10.5. The van der Waals surface area contributed by atoms with Gasteiger partial charge in [-0.25, -0.2) is 4.79 Å². The minimum absolute atomic E-state index is 0.476. The van der Waals surface area contributed by atoms with Crippen LogP contribution in [0.3, 0.4) is 0 Å². The molecule has 0 fully saturated rings. The fraction of sp³-hybridized carbons (Fsp3) is 0.462. The highest BCUT2D eigenvalue weighted by Gasteiger charge is 2.09. The molecule has 16 heavy (non-hydrogen) atoms. The molecule has 0 radical (unpaired) electrons. The van der Waals surface area contributed by atoms with Gasteiger partial charge >= 0.3 is 6.16 Å². The second-order valence-corrected chi connectivity index (χ2v) is 3.88. The number of rotatable bonds is 5. The zero-order chi connectivity index (χ0) is 12.0. The summed E-state index contributed by atoms with van der Waals surface area (Å²) in [5, 5.41) is 8.63. The SMILES string of the molecule is CCCCCc1c(C)cccc1OC(=O)O. The number of hydrogen-bond donors (Lipinski definition) is 1. The summed E-state index contributed by atoms with van der Waals surface area (Å²) in [6.45, 7) is 4.13. The minimum atomic E-state index is -1.25. The van der Waals surface area contributed by atoms with Crippen LogP contribution in [-0.4, -0.2) is 11.3 Å². The number of carbonyl (C=O) groups is 1. The fourth-order valence-electron chi connectivity index (χ4n) is 1.74. The molecule has 1 aromatic rings. The van der Waals surface area contributed by atoms with Gasteiger partial charge in [0.05, 0.1) is 0 Å². The van der Waals surface area contributed by atoms with Crippen LogP contribution < -0.4 is 4.74 Å². The Kier molecular flexibility index (Phi) is 4.83. The number of carboxylic acid groups (broad SMARTS) is 1. The molecular weight excluding hydrogens is 204 g/mol. The summed E-state index contributed by atoms with van der Waals surface area (Å²) in [4.78, 5) is 10.5. The van der Waals surface area contributed by atoms with Crippen molar-refractivity contribution in [1.82, 2.24) is 0 Å². The zero-order valence-corrected chi connectivity index (χ0v) is 9.82. The molecule has 0 unspecified atom stereocenters. The van der Waals surface area contributed by atoms with Gasteiger partial charge in [-0.2, -0.15) is 0 Å². The fourth-order valence-corrected chi connectivity index (χ4v) is 1.74. The lowest BCUT2D eigenvalue weighted by Gasteiger charge is -2.10. The van der Waals surface area contributed by atoms with Crippen molar-refractivity contribution in [2.24, 2.45) is 0 Å². The Bertz CT molecular complexity index is 358. The molecule has 3 nitrogen and oxygen atoms in total. The lowest BCUT2D eigenvalue weighted by atomic mass is 10.0. The van der Waals surface area contributed by atoms with Gasteiger partial charge in [0.25, 0.3) is 0 Å². The summed E-state index contributed by atoms with van der Waals surface area (Å²) < 4.78 is 4.77. The third-order valence-electron chi connectivity index (χ3n) is 2.59. The normalized spacial score (nSPS) is 10.1. The molecule has 0 heterocycles. The van der Waals surface area contributed by atoms with Crippen molar-refractivity contribution in [1.29, 1.82) is 0 Å². The molecule has 0 spiro atoms. The highest BCUT2D eigenvalue weighted by atomic mass is 16.7. The summed E-state index contributed by atoms with van der Waals surface area (Å²) in [6.07, 6.45) is 3.00. The zero-order valence-electron chi connectivity index (χ0n) is 9.82. The van der Waals surface area contributed by atoms with Crippen molar-refractivity contribution >= 4 is 6.16 Å². The molecule has 3 heteroatoms. The predicted molar refractivity (Wildman–Crippen MR) is 63.1 cm³/mol. The summed E-state index contributed by atoms with van der Waals surface area (Å²) in [7, 11) is 0. The molecule has 0 aliphatic carbocycles. The smallest absolute Gasteiger partial charge is 0.449 e. The van der Waals surface area contributed by atoms with E-state index in [0.717, 1.165) is 36.8 Å². The van der Waals surface area contributed by atoms with Crippen molar-refractivity contribution in [3.8, 4) is 5.75 Å². The third-order valence-corrected chi connectivity index (χ3v) is 2.59. The molecule has 0 bridgehead atoms. The number of hydrogen-bond acceptors (Lipinski definition) is 2. The van der Waals surface area contributed by atoms with Gasteiger partial charge in [0, 0.05) is 0 Å². The first kappa shape index (κ1) is 12.6. The Morgan fingerprint density at radius 2 is 2.12 bits per heavy atom. The quantitative estimate of drug-likeness (QED) is 0.468. The molecule has 0 aliphatic rings. The van der Waals surface area contributed by atoms with Gasteiger partial charge in [0.2, 0.25) is 0 Å². The molecule has 0 amide bonds. The second kappa shape index (κ2) is 6.16. The van der Waals surface area contributed by atoms with Crippen LogP contribution >= 0.6 is 0 Å². The third kappa shape index (κ3) is 3.57. The molecule has 0 atom stereocenters. The average molecular weight is 222 g/mol. The lowest BCUT2D eigenvalue weighted by Crippen LogP contribution is -2.06. The molecule has 0 saturated heterocycles. The van der Waals surface area contributed by atoms with Crippen LogP contribution in [0.1, 0.15) is 37.3 Å². The summed E-state index contributed by atoms with van der Waals surface area (Å²) in [5.74, 6) is 0.476. The van der Waals surface area contributed by atoms with Gasteiger partial charge in [-0.05, 0) is 37.0 Å². The molecular formula is C13H18O3. The number of aryl methyl sites for hydroxylation is 1. The molecule has 1 rings (SSSR count). The van der Waals surface area contributed by atoms with E-state index in [1.807, 2.05) is 19.1 Å². The van der Waals surface area contributed by atoms with Crippen LogP contribution in [0, 0.1) is 6.92 Å². The van der Waals surface area contributed by atoms with E-state index in [2.05, 4.69) is 6.92 Å². The van der Waals surface area contributed by atoms with Crippen LogP contribution in [-0.2, 0) is 6.42 Å². The van der Waals surface area contributed by atoms with E-state index in [9.17, 15) is 4.79 Å². The lowest BCUT2D eigenvalue weighted by molar-refractivity contribution is 0.144. The van der Waals surface area contributed by atoms with Crippen LogP contribution in [0.25, 0.3) is 0 Å². The summed E-state index contributed by atoms with van der Waals surface area (Å²) in [5.41, 5.74) is 2.10. The largest absolute Gasteiger partial charge is 0.511 e. The van der Waals surface area contributed by atoms with E-state index in [1.165, 1.54) is 0 Å². The van der Waals surface area contributed by atoms with E-state index in [4.69, 9.17) is 9.84 Å². The first-order chi connectivity index (χ1) is 7.65. The van der Waals surface area contributed by atoms with Crippen LogP contribution in [0.4, 0.5) is 4.79 Å². The Hall–Kier alpha value is -1.51. The standard InChI is InChI=1S/C13H18O3/c1-3-4-5-8-11-10(2)7-6-9-12(11)16-13(14)15/h6-7,9H,3-5,8H2,1-2H3,(H,14,15). The molecule has 1 aromatic carbocycles. The van der Waals surface area contributed by atoms with Crippen molar-refractivity contribution in [2.45, 2.75) is 39.5 Å². The first-order valence-corrected chi connectivity index (χ1v) is 5.64. The van der Waals surface area contributed by atoms with Crippen molar-refractivity contribution < 1.29 is 14.6 Å². The maximum absolute atomic E-state index is 10.5. The van der Waals surface area contributed by atoms with Crippen molar-refractivity contribution in [3.63, 3.8) is 0 Å². The Balaban J connectivity index is 2.81. The van der Waals surface area contributed by atoms with Crippen LogP contribution in [0.5, 0.6) is 5.75 Å². The van der Waals surface area contributed by atoms with Gasteiger partial charge in [-0.3, -0.25) is 0 Å².